The summed E-state index contributed by atoms with van der Waals surface area (Å²) in [4.78, 5) is 14.1. The zero-order valence-corrected chi connectivity index (χ0v) is 14.3. The highest BCUT2D eigenvalue weighted by Gasteiger charge is 2.30. The van der Waals surface area contributed by atoms with Crippen LogP contribution in [0.25, 0.3) is 0 Å². The average Bonchev–Trinajstić information content (AvgIpc) is 2.57. The molecular formula is C19H21FN2O3. The van der Waals surface area contributed by atoms with Crippen LogP contribution in [0.15, 0.2) is 42.5 Å². The van der Waals surface area contributed by atoms with Crippen LogP contribution in [0.1, 0.15) is 5.56 Å². The van der Waals surface area contributed by atoms with Crippen molar-refractivity contribution in [2.45, 2.75) is 13.0 Å². The lowest BCUT2D eigenvalue weighted by molar-refractivity contribution is -0.119. The summed E-state index contributed by atoms with van der Waals surface area (Å²) < 4.78 is 24.7. The van der Waals surface area contributed by atoms with Gasteiger partial charge >= 0.3 is 0 Å². The quantitative estimate of drug-likeness (QED) is 0.875. The highest BCUT2D eigenvalue weighted by molar-refractivity contribution is 5.93. The van der Waals surface area contributed by atoms with Gasteiger partial charge < -0.3 is 14.8 Å². The Labute approximate surface area is 146 Å². The maximum Gasteiger partial charge on any atom is 0.238 e. The number of ether oxygens (including phenoxy) is 2. The molecule has 1 amide bonds. The van der Waals surface area contributed by atoms with Crippen molar-refractivity contribution < 1.29 is 18.7 Å². The molecule has 0 radical (unpaired) electrons. The zero-order valence-electron chi connectivity index (χ0n) is 14.3. The number of methoxy groups -OCH3 is 1. The van der Waals surface area contributed by atoms with Crippen molar-refractivity contribution in [3.05, 3.63) is 53.8 Å². The van der Waals surface area contributed by atoms with Gasteiger partial charge in [-0.05, 0) is 31.2 Å². The minimum Gasteiger partial charge on any atom is -0.493 e. The second-order valence-corrected chi connectivity index (χ2v) is 6.05. The molecule has 1 fully saturated rings. The van der Waals surface area contributed by atoms with E-state index in [9.17, 15) is 9.18 Å². The molecule has 1 aliphatic heterocycles. The molecule has 1 heterocycles. The Morgan fingerprint density at radius 2 is 1.92 bits per heavy atom. The number of anilines is 1. The van der Waals surface area contributed by atoms with Crippen LogP contribution in [0.3, 0.4) is 0 Å². The molecule has 0 atom stereocenters. The number of carbonyl (C=O) groups excluding carboxylic acids is 1. The van der Waals surface area contributed by atoms with E-state index in [0.29, 0.717) is 35.8 Å². The number of amides is 1. The number of halogens is 1. The minimum absolute atomic E-state index is 0.0278. The summed E-state index contributed by atoms with van der Waals surface area (Å²) in [5.74, 6) is 0.909. The monoisotopic (exact) mass is 344 g/mol. The van der Waals surface area contributed by atoms with E-state index in [1.165, 1.54) is 6.07 Å². The fourth-order valence-electron chi connectivity index (χ4n) is 2.76. The number of hydrogen-bond acceptors (Lipinski definition) is 4. The van der Waals surface area contributed by atoms with Gasteiger partial charge in [-0.25, -0.2) is 4.39 Å². The van der Waals surface area contributed by atoms with E-state index in [1.54, 1.807) is 26.2 Å². The minimum atomic E-state index is -0.327. The van der Waals surface area contributed by atoms with Gasteiger partial charge in [-0.2, -0.15) is 0 Å². The zero-order chi connectivity index (χ0) is 17.8. The molecule has 1 N–H and O–H groups in total. The number of para-hydroxylation sites is 2. The highest BCUT2D eigenvalue weighted by atomic mass is 19.1. The van der Waals surface area contributed by atoms with Crippen LogP contribution in [-0.2, 0) is 4.79 Å². The summed E-state index contributed by atoms with van der Waals surface area (Å²) in [6.45, 7) is 3.22. The third kappa shape index (κ3) is 4.09. The number of carbonyl (C=O) groups is 1. The molecule has 132 valence electrons. The fourth-order valence-corrected chi connectivity index (χ4v) is 2.76. The Kier molecular flexibility index (Phi) is 5.19. The predicted molar refractivity (Wildman–Crippen MR) is 93.6 cm³/mol. The summed E-state index contributed by atoms with van der Waals surface area (Å²) >= 11 is 0. The van der Waals surface area contributed by atoms with E-state index in [2.05, 4.69) is 5.32 Å². The van der Waals surface area contributed by atoms with Gasteiger partial charge in [-0.15, -0.1) is 0 Å². The van der Waals surface area contributed by atoms with Gasteiger partial charge in [0.1, 0.15) is 11.9 Å². The Morgan fingerprint density at radius 1 is 1.20 bits per heavy atom. The number of nitrogens with one attached hydrogen (secondary N) is 1. The largest absolute Gasteiger partial charge is 0.493 e. The Morgan fingerprint density at radius 3 is 2.64 bits per heavy atom. The van der Waals surface area contributed by atoms with E-state index in [-0.39, 0.29) is 24.4 Å². The molecule has 6 heteroatoms. The van der Waals surface area contributed by atoms with E-state index < -0.39 is 0 Å². The topological polar surface area (TPSA) is 50.8 Å². The van der Waals surface area contributed by atoms with Crippen LogP contribution in [-0.4, -0.2) is 43.7 Å². The van der Waals surface area contributed by atoms with Crippen LogP contribution < -0.4 is 14.8 Å². The Hall–Kier alpha value is -2.60. The molecule has 3 rings (SSSR count). The van der Waals surface area contributed by atoms with E-state index in [4.69, 9.17) is 9.47 Å². The summed E-state index contributed by atoms with van der Waals surface area (Å²) in [7, 11) is 1.61. The van der Waals surface area contributed by atoms with E-state index in [0.717, 1.165) is 0 Å². The first-order valence-corrected chi connectivity index (χ1v) is 8.14. The molecule has 0 aliphatic carbocycles. The second kappa shape index (κ2) is 7.53. The molecule has 0 unspecified atom stereocenters. The Bertz CT molecular complexity index is 760. The van der Waals surface area contributed by atoms with Gasteiger partial charge in [0, 0.05) is 24.3 Å². The highest BCUT2D eigenvalue weighted by Crippen LogP contribution is 2.28. The fraction of sp³-hybridized carbons (Fsp3) is 0.316. The molecular weight excluding hydrogens is 323 g/mol. The van der Waals surface area contributed by atoms with Crippen LogP contribution in [0.2, 0.25) is 0 Å². The van der Waals surface area contributed by atoms with Crippen LogP contribution in [0, 0.1) is 12.7 Å². The van der Waals surface area contributed by atoms with Crippen LogP contribution in [0.4, 0.5) is 10.1 Å². The summed E-state index contributed by atoms with van der Waals surface area (Å²) in [6.07, 6.45) is 0.0278. The standard InChI is InChI=1S/C19H21FN2O3/c1-13-15(20)6-5-7-16(13)21-19(23)12-22-10-14(11-22)25-18-9-4-3-8-17(18)24-2/h3-9,14H,10-12H2,1-2H3,(H,21,23). The average molecular weight is 344 g/mol. The maximum absolute atomic E-state index is 13.5. The summed E-state index contributed by atoms with van der Waals surface area (Å²) in [5, 5.41) is 2.75. The Balaban J connectivity index is 1.47. The van der Waals surface area contributed by atoms with Crippen molar-refractivity contribution in [2.24, 2.45) is 0 Å². The van der Waals surface area contributed by atoms with Crippen molar-refractivity contribution in [3.63, 3.8) is 0 Å². The molecule has 0 bridgehead atoms. The molecule has 5 nitrogen and oxygen atoms in total. The second-order valence-electron chi connectivity index (χ2n) is 6.05. The number of hydrogen-bond donors (Lipinski definition) is 1. The number of rotatable bonds is 6. The van der Waals surface area contributed by atoms with Crippen molar-refractivity contribution in [1.29, 1.82) is 0 Å². The summed E-state index contributed by atoms with van der Waals surface area (Å²) in [5.41, 5.74) is 0.948. The number of nitrogens with zero attached hydrogens (tertiary/aromatic N) is 1. The number of likely N-dealkylation sites (tertiary alicyclic amines) is 1. The van der Waals surface area contributed by atoms with Gasteiger partial charge in [0.2, 0.25) is 5.91 Å². The first-order valence-electron chi connectivity index (χ1n) is 8.14. The lowest BCUT2D eigenvalue weighted by atomic mass is 10.1. The van der Waals surface area contributed by atoms with Crippen LogP contribution in [0.5, 0.6) is 11.5 Å². The van der Waals surface area contributed by atoms with Crippen molar-refractivity contribution in [2.75, 3.05) is 32.1 Å². The van der Waals surface area contributed by atoms with Gasteiger partial charge in [0.15, 0.2) is 11.5 Å². The molecule has 0 saturated carbocycles. The molecule has 1 aliphatic rings. The molecule has 0 aromatic heterocycles. The smallest absolute Gasteiger partial charge is 0.238 e. The van der Waals surface area contributed by atoms with Crippen LogP contribution >= 0.6 is 0 Å². The maximum atomic E-state index is 13.5. The molecule has 25 heavy (non-hydrogen) atoms. The van der Waals surface area contributed by atoms with Crippen molar-refractivity contribution in [3.8, 4) is 11.5 Å². The summed E-state index contributed by atoms with van der Waals surface area (Å²) in [6, 6.07) is 12.1. The third-order valence-corrected chi connectivity index (χ3v) is 4.20. The molecule has 0 spiro atoms. The molecule has 2 aromatic rings. The lowest BCUT2D eigenvalue weighted by Gasteiger charge is -2.38. The van der Waals surface area contributed by atoms with Gasteiger partial charge in [0.25, 0.3) is 0 Å². The molecule has 1 saturated heterocycles. The van der Waals surface area contributed by atoms with Crippen molar-refractivity contribution in [1.82, 2.24) is 4.90 Å². The SMILES string of the molecule is COc1ccccc1OC1CN(CC(=O)Nc2cccc(F)c2C)C1. The van der Waals surface area contributed by atoms with Gasteiger partial charge in [-0.3, -0.25) is 9.69 Å². The molecule has 2 aromatic carbocycles. The van der Waals surface area contributed by atoms with Gasteiger partial charge in [-0.1, -0.05) is 18.2 Å². The van der Waals surface area contributed by atoms with E-state index >= 15 is 0 Å². The first kappa shape index (κ1) is 17.2. The number of benzene rings is 2. The van der Waals surface area contributed by atoms with Gasteiger partial charge in [0.05, 0.1) is 13.7 Å². The third-order valence-electron chi connectivity index (χ3n) is 4.20. The lowest BCUT2D eigenvalue weighted by Crippen LogP contribution is -2.55. The first-order chi connectivity index (χ1) is 12.1. The predicted octanol–water partition coefficient (Wildman–Crippen LogP) is 2.84. The van der Waals surface area contributed by atoms with Crippen molar-refractivity contribution >= 4 is 11.6 Å². The van der Waals surface area contributed by atoms with E-state index in [1.807, 2.05) is 29.2 Å². The normalized spacial score (nSPS) is 14.7.